The molecule has 3 unspecified atom stereocenters. The van der Waals surface area contributed by atoms with Crippen LogP contribution in [-0.2, 0) is 19.1 Å². The molecule has 1 N–H and O–H groups in total. The van der Waals surface area contributed by atoms with Crippen molar-refractivity contribution >= 4 is 12.3 Å². The molecule has 4 bridgehead atoms. The van der Waals surface area contributed by atoms with Crippen LogP contribution in [-0.4, -0.2) is 60.9 Å². The second kappa shape index (κ2) is 8.28. The van der Waals surface area contributed by atoms with E-state index in [9.17, 15) is 14.7 Å². The average molecular weight is 472 g/mol. The quantitative estimate of drug-likeness (QED) is 0.423. The van der Waals surface area contributed by atoms with Gasteiger partial charge in [0.25, 0.3) is 0 Å². The lowest BCUT2D eigenvalue weighted by Gasteiger charge is -2.58. The van der Waals surface area contributed by atoms with E-state index in [-0.39, 0.29) is 23.8 Å². The molecule has 4 aliphatic carbocycles. The maximum atomic E-state index is 13.5. The van der Waals surface area contributed by atoms with Gasteiger partial charge in [0.2, 0.25) is 0 Å². The van der Waals surface area contributed by atoms with E-state index < -0.39 is 28.5 Å². The van der Waals surface area contributed by atoms with Gasteiger partial charge in [-0.1, -0.05) is 44.9 Å². The van der Waals surface area contributed by atoms with E-state index in [1.807, 2.05) is 6.08 Å². The van der Waals surface area contributed by atoms with Crippen LogP contribution in [0.15, 0.2) is 24.3 Å². The Morgan fingerprint density at radius 3 is 2.76 bits per heavy atom. The Kier molecular flexibility index (Phi) is 5.89. The van der Waals surface area contributed by atoms with Crippen LogP contribution in [0, 0.1) is 45.8 Å². The first-order chi connectivity index (χ1) is 16.2. The molecule has 3 saturated carbocycles. The summed E-state index contributed by atoms with van der Waals surface area (Å²) in [5, 5.41) is 11.0. The third kappa shape index (κ3) is 2.85. The standard InChI is InChI=1S/C28H41NO5/c1-6-9-29-13-24(33-14-19(29)5)34-16-27-12-21-18(4)7-8-22(21)26(15-30)11-20(27)10-23(17(2)3)28(26,27)25(31)32/h6,10,15,17-22,24H,1,7-9,11-14,16H2,2-5H3,(H,31,32)/t18-,19-,20?,21-,22-,24+,26?,27?,28+/m1/s1. The fourth-order valence-corrected chi connectivity index (χ4v) is 9.17. The fourth-order valence-electron chi connectivity index (χ4n) is 9.17. The summed E-state index contributed by atoms with van der Waals surface area (Å²) in [6.45, 7) is 14.8. The maximum absolute atomic E-state index is 13.5. The number of carboxylic acids is 1. The molecular weight excluding hydrogens is 430 g/mol. The number of carboxylic acid groups (broad SMARTS) is 1. The first-order valence-electron chi connectivity index (χ1n) is 13.2. The van der Waals surface area contributed by atoms with Crippen LogP contribution in [0.25, 0.3) is 0 Å². The van der Waals surface area contributed by atoms with Gasteiger partial charge in [0.15, 0.2) is 6.29 Å². The van der Waals surface area contributed by atoms with E-state index in [0.29, 0.717) is 38.0 Å². The Balaban J connectivity index is 1.54. The molecule has 5 rings (SSSR count). The van der Waals surface area contributed by atoms with E-state index in [0.717, 1.165) is 37.7 Å². The maximum Gasteiger partial charge on any atom is 0.315 e. The molecular formula is C28H41NO5. The van der Waals surface area contributed by atoms with Crippen LogP contribution in [0.4, 0.5) is 0 Å². The van der Waals surface area contributed by atoms with Crippen LogP contribution in [0.3, 0.4) is 0 Å². The minimum Gasteiger partial charge on any atom is -0.481 e. The Morgan fingerprint density at radius 2 is 2.12 bits per heavy atom. The van der Waals surface area contributed by atoms with Gasteiger partial charge in [-0.05, 0) is 55.8 Å². The molecule has 0 amide bonds. The molecule has 0 radical (unpaired) electrons. The number of ether oxygens (including phenoxy) is 2. The zero-order valence-electron chi connectivity index (χ0n) is 21.2. The minimum atomic E-state index is -1.19. The highest BCUT2D eigenvalue weighted by Gasteiger charge is 2.84. The van der Waals surface area contributed by atoms with Gasteiger partial charge in [0.05, 0.1) is 25.2 Å². The van der Waals surface area contributed by atoms with Gasteiger partial charge < -0.3 is 19.4 Å². The van der Waals surface area contributed by atoms with E-state index in [1.54, 1.807) is 0 Å². The van der Waals surface area contributed by atoms with Crippen LogP contribution >= 0.6 is 0 Å². The van der Waals surface area contributed by atoms with Crippen molar-refractivity contribution in [2.24, 2.45) is 45.8 Å². The first kappa shape index (κ1) is 24.2. The molecule has 4 fully saturated rings. The number of aldehydes is 1. The first-order valence-corrected chi connectivity index (χ1v) is 13.2. The number of hydrogen-bond acceptors (Lipinski definition) is 5. The molecule has 0 spiro atoms. The number of rotatable bonds is 8. The van der Waals surface area contributed by atoms with Crippen molar-refractivity contribution < 1.29 is 24.2 Å². The molecule has 0 aromatic rings. The summed E-state index contributed by atoms with van der Waals surface area (Å²) >= 11 is 0. The number of aliphatic carboxylic acids is 1. The summed E-state index contributed by atoms with van der Waals surface area (Å²) in [7, 11) is 0. The molecule has 5 aliphatic rings. The lowest BCUT2D eigenvalue weighted by molar-refractivity contribution is -0.227. The summed E-state index contributed by atoms with van der Waals surface area (Å²) in [4.78, 5) is 28.8. The normalized spacial score (nSPS) is 47.5. The monoisotopic (exact) mass is 471 g/mol. The average Bonchev–Trinajstić information content (AvgIpc) is 3.37. The smallest absolute Gasteiger partial charge is 0.315 e. The van der Waals surface area contributed by atoms with Crippen molar-refractivity contribution in [3.8, 4) is 0 Å². The van der Waals surface area contributed by atoms with Crippen LogP contribution in [0.5, 0.6) is 0 Å². The predicted molar refractivity (Wildman–Crippen MR) is 129 cm³/mol. The lowest BCUT2D eigenvalue weighted by atomic mass is 9.43. The molecule has 6 nitrogen and oxygen atoms in total. The SMILES string of the molecule is C=CCN1C[C@H](OCC23C[C@@H]4[C@H](C)CC[C@H]4C4(C=O)CC2C=C(C(C)C)[C@@]34C(=O)O)OC[C@H]1C. The van der Waals surface area contributed by atoms with Gasteiger partial charge in [0, 0.05) is 18.0 Å². The van der Waals surface area contributed by atoms with E-state index in [4.69, 9.17) is 9.47 Å². The summed E-state index contributed by atoms with van der Waals surface area (Å²) in [5.41, 5.74) is -1.67. The van der Waals surface area contributed by atoms with Crippen molar-refractivity contribution in [3.63, 3.8) is 0 Å². The van der Waals surface area contributed by atoms with Crippen molar-refractivity contribution in [2.75, 3.05) is 26.3 Å². The highest BCUT2D eigenvalue weighted by Crippen LogP contribution is 2.82. The molecule has 9 atom stereocenters. The van der Waals surface area contributed by atoms with Gasteiger partial charge in [-0.15, -0.1) is 6.58 Å². The Hall–Kier alpha value is -1.50. The Labute approximate surface area is 203 Å². The Bertz CT molecular complexity index is 899. The van der Waals surface area contributed by atoms with Gasteiger partial charge >= 0.3 is 5.97 Å². The van der Waals surface area contributed by atoms with E-state index >= 15 is 0 Å². The zero-order valence-corrected chi connectivity index (χ0v) is 21.2. The van der Waals surface area contributed by atoms with E-state index in [2.05, 4.69) is 45.2 Å². The number of morpholine rings is 1. The van der Waals surface area contributed by atoms with E-state index in [1.165, 1.54) is 0 Å². The fraction of sp³-hybridized carbons (Fsp3) is 0.786. The number of fused-ring (bicyclic) bond motifs is 2. The van der Waals surface area contributed by atoms with Crippen molar-refractivity contribution in [3.05, 3.63) is 24.3 Å². The third-order valence-electron chi connectivity index (χ3n) is 10.5. The van der Waals surface area contributed by atoms with Crippen molar-refractivity contribution in [2.45, 2.75) is 65.7 Å². The number of hydrogen-bond donors (Lipinski definition) is 1. The summed E-state index contributed by atoms with van der Waals surface area (Å²) in [6.07, 6.45) is 8.28. The number of allylic oxidation sites excluding steroid dienone is 1. The zero-order chi connectivity index (χ0) is 24.5. The summed E-state index contributed by atoms with van der Waals surface area (Å²) < 4.78 is 12.6. The summed E-state index contributed by atoms with van der Waals surface area (Å²) in [5.74, 6) is 0.320. The molecule has 0 aromatic carbocycles. The van der Waals surface area contributed by atoms with Crippen molar-refractivity contribution in [1.82, 2.24) is 4.90 Å². The molecule has 0 aromatic heterocycles. The molecule has 188 valence electrons. The number of nitrogens with zero attached hydrogens (tertiary/aromatic N) is 1. The highest BCUT2D eigenvalue weighted by molar-refractivity contribution is 5.90. The number of carbonyl (C=O) groups is 2. The van der Waals surface area contributed by atoms with Crippen LogP contribution in [0.2, 0.25) is 0 Å². The molecule has 6 heteroatoms. The van der Waals surface area contributed by atoms with Crippen LogP contribution in [0.1, 0.15) is 53.4 Å². The third-order valence-corrected chi connectivity index (χ3v) is 10.5. The minimum absolute atomic E-state index is 0.0517. The topological polar surface area (TPSA) is 76.1 Å². The van der Waals surface area contributed by atoms with Gasteiger partial charge in [-0.3, -0.25) is 9.69 Å². The highest BCUT2D eigenvalue weighted by atomic mass is 16.7. The van der Waals surface area contributed by atoms with Gasteiger partial charge in [-0.2, -0.15) is 0 Å². The van der Waals surface area contributed by atoms with Crippen LogP contribution < -0.4 is 0 Å². The molecule has 1 saturated heterocycles. The lowest BCUT2D eigenvalue weighted by Crippen LogP contribution is -2.64. The largest absolute Gasteiger partial charge is 0.481 e. The molecule has 34 heavy (non-hydrogen) atoms. The second-order valence-corrected chi connectivity index (χ2v) is 12.2. The Morgan fingerprint density at radius 1 is 1.35 bits per heavy atom. The second-order valence-electron chi connectivity index (χ2n) is 12.2. The predicted octanol–water partition coefficient (Wildman–Crippen LogP) is 4.16. The van der Waals surface area contributed by atoms with Gasteiger partial charge in [-0.25, -0.2) is 0 Å². The van der Waals surface area contributed by atoms with Gasteiger partial charge in [0.1, 0.15) is 11.7 Å². The molecule has 1 aliphatic heterocycles. The summed E-state index contributed by atoms with van der Waals surface area (Å²) in [6, 6.07) is 0.288. The molecule has 1 heterocycles. The van der Waals surface area contributed by atoms with Crippen molar-refractivity contribution in [1.29, 1.82) is 0 Å². The number of carbonyl (C=O) groups excluding carboxylic acids is 1.